The van der Waals surface area contributed by atoms with Gasteiger partial charge in [0.1, 0.15) is 17.1 Å². The zero-order chi connectivity index (χ0) is 13.6. The fraction of sp³-hybridized carbons (Fsp3) is 0.143. The van der Waals surface area contributed by atoms with E-state index in [0.29, 0.717) is 16.2 Å². The van der Waals surface area contributed by atoms with Crippen LogP contribution in [0.3, 0.4) is 0 Å². The normalized spacial score (nSPS) is 13.1. The number of fused-ring (bicyclic) bond motifs is 1. The highest BCUT2D eigenvalue weighted by Crippen LogP contribution is 2.34. The molecule has 3 rings (SSSR count). The van der Waals surface area contributed by atoms with E-state index in [2.05, 4.69) is 31.9 Å². The van der Waals surface area contributed by atoms with E-state index < -0.39 is 6.10 Å². The summed E-state index contributed by atoms with van der Waals surface area (Å²) in [5, 5.41) is 11.2. The molecule has 0 aliphatic heterocycles. The van der Waals surface area contributed by atoms with E-state index >= 15 is 0 Å². The molecule has 2 aromatic heterocycles. The van der Waals surface area contributed by atoms with Gasteiger partial charge in [-0.3, -0.25) is 0 Å². The van der Waals surface area contributed by atoms with E-state index in [1.807, 2.05) is 31.2 Å². The summed E-state index contributed by atoms with van der Waals surface area (Å²) in [6.07, 6.45) is -0.921. The first-order valence-electron chi connectivity index (χ1n) is 5.67. The lowest BCUT2D eigenvalue weighted by Crippen LogP contribution is -1.95. The number of hydrogen-bond acceptors (Lipinski definition) is 3. The molecule has 3 aromatic rings. The van der Waals surface area contributed by atoms with Crippen LogP contribution in [0.4, 0.5) is 0 Å². The molecular weight excluding hydrogens is 376 g/mol. The van der Waals surface area contributed by atoms with Crippen LogP contribution in [0.25, 0.3) is 11.0 Å². The molecule has 0 radical (unpaired) electrons. The maximum atomic E-state index is 10.3. The number of furan rings is 2. The highest BCUT2D eigenvalue weighted by Gasteiger charge is 2.20. The smallest absolute Gasteiger partial charge is 0.183 e. The minimum absolute atomic E-state index is 0.425. The predicted octanol–water partition coefficient (Wildman–Crippen LogP) is 4.94. The molecular formula is C14H10Br2O3. The summed E-state index contributed by atoms with van der Waals surface area (Å²) in [6, 6.07) is 9.43. The fourth-order valence-electron chi connectivity index (χ4n) is 1.96. The van der Waals surface area contributed by atoms with Gasteiger partial charge < -0.3 is 13.9 Å². The molecule has 3 nitrogen and oxygen atoms in total. The highest BCUT2D eigenvalue weighted by atomic mass is 79.9. The Balaban J connectivity index is 2.03. The lowest BCUT2D eigenvalue weighted by atomic mass is 10.1. The Bertz CT molecular complexity index is 723. The van der Waals surface area contributed by atoms with Crippen LogP contribution >= 0.6 is 31.9 Å². The fourth-order valence-corrected chi connectivity index (χ4v) is 2.56. The average Bonchev–Trinajstić information content (AvgIpc) is 2.92. The molecule has 1 unspecified atom stereocenters. The van der Waals surface area contributed by atoms with Crippen LogP contribution in [0, 0.1) is 6.92 Å². The van der Waals surface area contributed by atoms with Gasteiger partial charge in [-0.25, -0.2) is 0 Å². The second kappa shape index (κ2) is 4.81. The van der Waals surface area contributed by atoms with Gasteiger partial charge in [0.2, 0.25) is 0 Å². The molecule has 1 atom stereocenters. The van der Waals surface area contributed by atoms with Gasteiger partial charge in [-0.2, -0.15) is 0 Å². The third kappa shape index (κ3) is 2.38. The first kappa shape index (κ1) is 13.0. The Hall–Kier alpha value is -1.04. The molecule has 19 heavy (non-hydrogen) atoms. The van der Waals surface area contributed by atoms with Gasteiger partial charge in [0.05, 0.1) is 4.47 Å². The molecule has 2 heterocycles. The summed E-state index contributed by atoms with van der Waals surface area (Å²) in [4.78, 5) is 0. The molecule has 1 aromatic carbocycles. The molecule has 0 bridgehead atoms. The second-order valence-corrected chi connectivity index (χ2v) is 5.94. The molecule has 0 aliphatic rings. The summed E-state index contributed by atoms with van der Waals surface area (Å²) in [7, 11) is 0. The van der Waals surface area contributed by atoms with Gasteiger partial charge in [0.25, 0.3) is 0 Å². The largest absolute Gasteiger partial charge is 0.458 e. The maximum Gasteiger partial charge on any atom is 0.183 e. The number of rotatable bonds is 2. The molecule has 0 saturated heterocycles. The second-order valence-electron chi connectivity index (χ2n) is 4.36. The first-order valence-corrected chi connectivity index (χ1v) is 7.26. The summed E-state index contributed by atoms with van der Waals surface area (Å²) in [5.41, 5.74) is 1.90. The summed E-state index contributed by atoms with van der Waals surface area (Å²) < 4.78 is 12.4. The molecule has 0 saturated carbocycles. The van der Waals surface area contributed by atoms with Crippen LogP contribution < -0.4 is 0 Å². The van der Waals surface area contributed by atoms with Gasteiger partial charge in [-0.15, -0.1) is 0 Å². The molecule has 5 heteroatoms. The minimum atomic E-state index is -0.921. The van der Waals surface area contributed by atoms with E-state index in [1.54, 1.807) is 6.07 Å². The summed E-state index contributed by atoms with van der Waals surface area (Å²) >= 11 is 6.56. The van der Waals surface area contributed by atoms with Crippen LogP contribution in [0.15, 0.2) is 48.3 Å². The standard InChI is InChI=1S/C14H10Br2O3/c1-7-2-3-10-8(4-7)5-11(18-10)13(17)12-6-9(15)14(16)19-12/h2-6,13,17H,1H3. The van der Waals surface area contributed by atoms with E-state index in [4.69, 9.17) is 8.83 Å². The van der Waals surface area contributed by atoms with Crippen LogP contribution in [0.1, 0.15) is 23.2 Å². The van der Waals surface area contributed by atoms with E-state index in [1.165, 1.54) is 0 Å². The monoisotopic (exact) mass is 384 g/mol. The Kier molecular flexibility index (Phi) is 3.28. The van der Waals surface area contributed by atoms with Gasteiger partial charge in [0, 0.05) is 5.39 Å². The lowest BCUT2D eigenvalue weighted by Gasteiger charge is -2.02. The molecule has 0 amide bonds. The van der Waals surface area contributed by atoms with Crippen molar-refractivity contribution in [3.05, 3.63) is 56.6 Å². The van der Waals surface area contributed by atoms with Crippen molar-refractivity contribution in [3.8, 4) is 0 Å². The van der Waals surface area contributed by atoms with Crippen molar-refractivity contribution in [1.29, 1.82) is 0 Å². The predicted molar refractivity (Wildman–Crippen MR) is 79.1 cm³/mol. The number of halogens is 2. The summed E-state index contributed by atoms with van der Waals surface area (Å²) in [6.45, 7) is 2.02. The van der Waals surface area contributed by atoms with Crippen molar-refractivity contribution in [2.24, 2.45) is 0 Å². The van der Waals surface area contributed by atoms with Crippen molar-refractivity contribution in [2.45, 2.75) is 13.0 Å². The van der Waals surface area contributed by atoms with Crippen LogP contribution in [0.2, 0.25) is 0 Å². The Morgan fingerprint density at radius 2 is 1.79 bits per heavy atom. The minimum Gasteiger partial charge on any atom is -0.458 e. The Morgan fingerprint density at radius 1 is 1.05 bits per heavy atom. The highest BCUT2D eigenvalue weighted by molar-refractivity contribution is 9.13. The number of aryl methyl sites for hydroxylation is 1. The third-order valence-corrected chi connectivity index (χ3v) is 4.60. The Morgan fingerprint density at radius 3 is 2.47 bits per heavy atom. The number of aliphatic hydroxyl groups is 1. The van der Waals surface area contributed by atoms with Crippen molar-refractivity contribution in [1.82, 2.24) is 0 Å². The Labute approximate surface area is 126 Å². The number of hydrogen-bond donors (Lipinski definition) is 1. The zero-order valence-corrected chi connectivity index (χ0v) is 13.2. The van der Waals surface area contributed by atoms with Crippen LogP contribution in [-0.2, 0) is 0 Å². The van der Waals surface area contributed by atoms with Gasteiger partial charge >= 0.3 is 0 Å². The van der Waals surface area contributed by atoms with Crippen molar-refractivity contribution < 1.29 is 13.9 Å². The molecule has 98 valence electrons. The van der Waals surface area contributed by atoms with Gasteiger partial charge in [0.15, 0.2) is 10.8 Å². The van der Waals surface area contributed by atoms with Crippen molar-refractivity contribution in [3.63, 3.8) is 0 Å². The molecule has 0 fully saturated rings. The van der Waals surface area contributed by atoms with Gasteiger partial charge in [-0.05, 0) is 63.0 Å². The number of benzene rings is 1. The van der Waals surface area contributed by atoms with Crippen LogP contribution in [0.5, 0.6) is 0 Å². The molecule has 0 spiro atoms. The topological polar surface area (TPSA) is 46.5 Å². The molecule has 0 aliphatic carbocycles. The summed E-state index contributed by atoms with van der Waals surface area (Å²) in [5.74, 6) is 0.892. The van der Waals surface area contributed by atoms with E-state index in [9.17, 15) is 5.11 Å². The SMILES string of the molecule is Cc1ccc2oc(C(O)c3cc(Br)c(Br)o3)cc2c1. The van der Waals surface area contributed by atoms with E-state index in [0.717, 1.165) is 21.0 Å². The van der Waals surface area contributed by atoms with Gasteiger partial charge in [-0.1, -0.05) is 11.6 Å². The van der Waals surface area contributed by atoms with Crippen molar-refractivity contribution in [2.75, 3.05) is 0 Å². The third-order valence-electron chi connectivity index (χ3n) is 2.89. The van der Waals surface area contributed by atoms with E-state index in [-0.39, 0.29) is 0 Å². The number of aliphatic hydroxyl groups excluding tert-OH is 1. The first-order chi connectivity index (χ1) is 9.04. The van der Waals surface area contributed by atoms with Crippen LogP contribution in [-0.4, -0.2) is 5.11 Å². The maximum absolute atomic E-state index is 10.3. The molecule has 1 N–H and O–H groups in total. The lowest BCUT2D eigenvalue weighted by molar-refractivity contribution is 0.163. The van der Waals surface area contributed by atoms with Crippen molar-refractivity contribution >= 4 is 42.8 Å². The average molecular weight is 386 g/mol. The zero-order valence-electron chi connectivity index (χ0n) is 9.98. The quantitative estimate of drug-likeness (QED) is 0.679.